The van der Waals surface area contributed by atoms with Crippen LogP contribution in [-0.4, -0.2) is 20.7 Å². The molecule has 2 aromatic heterocycles. The first-order chi connectivity index (χ1) is 12.1. The molecule has 0 unspecified atom stereocenters. The molecule has 1 N–H and O–H groups in total. The molecule has 6 nitrogen and oxygen atoms in total. The van der Waals surface area contributed by atoms with Crippen molar-refractivity contribution in [2.45, 2.75) is 26.8 Å². The molecular formula is C18H17N5OS. The number of amides is 1. The third kappa shape index (κ3) is 3.75. The number of nitrogens with one attached hydrogen (secondary N) is 1. The molecule has 0 aliphatic heterocycles. The molecular weight excluding hydrogens is 334 g/mol. The van der Waals surface area contributed by atoms with E-state index in [2.05, 4.69) is 21.5 Å². The summed E-state index contributed by atoms with van der Waals surface area (Å²) in [4.78, 5) is 16.8. The van der Waals surface area contributed by atoms with Crippen LogP contribution in [0.3, 0.4) is 0 Å². The number of nitrogens with zero attached hydrogens (tertiary/aromatic N) is 4. The Morgan fingerprint density at radius 2 is 2.20 bits per heavy atom. The van der Waals surface area contributed by atoms with Gasteiger partial charge in [-0.05, 0) is 31.0 Å². The van der Waals surface area contributed by atoms with Crippen LogP contribution in [0.1, 0.15) is 27.9 Å². The number of carbonyl (C=O) groups excluding carboxylic acids is 1. The summed E-state index contributed by atoms with van der Waals surface area (Å²) in [6, 6.07) is 8.09. The molecule has 0 saturated carbocycles. The summed E-state index contributed by atoms with van der Waals surface area (Å²) in [6.07, 6.45) is 3.66. The fourth-order valence-electron chi connectivity index (χ4n) is 2.42. The molecule has 126 valence electrons. The van der Waals surface area contributed by atoms with Gasteiger partial charge in [-0.3, -0.25) is 14.8 Å². The summed E-state index contributed by atoms with van der Waals surface area (Å²) >= 11 is 1.36. The van der Waals surface area contributed by atoms with Crippen molar-refractivity contribution in [3.63, 3.8) is 0 Å². The zero-order chi connectivity index (χ0) is 17.8. The number of aromatic nitrogens is 3. The topological polar surface area (TPSA) is 83.6 Å². The Balaban J connectivity index is 1.99. The molecule has 0 spiro atoms. The molecule has 2 heterocycles. The predicted molar refractivity (Wildman–Crippen MR) is 97.4 cm³/mol. The number of nitriles is 1. The summed E-state index contributed by atoms with van der Waals surface area (Å²) in [7, 11) is 0. The van der Waals surface area contributed by atoms with Crippen LogP contribution in [0.5, 0.6) is 0 Å². The molecule has 0 bridgehead atoms. The molecule has 3 aromatic rings. The minimum absolute atomic E-state index is 0.258. The quantitative estimate of drug-likeness (QED) is 0.758. The number of aryl methyl sites for hydroxylation is 3. The van der Waals surface area contributed by atoms with Crippen molar-refractivity contribution in [2.75, 3.05) is 5.32 Å². The number of carbonyl (C=O) groups is 1. The molecule has 0 fully saturated rings. The highest BCUT2D eigenvalue weighted by Crippen LogP contribution is 2.25. The van der Waals surface area contributed by atoms with Crippen LogP contribution in [0.15, 0.2) is 36.0 Å². The predicted octanol–water partition coefficient (Wildman–Crippen LogP) is 3.79. The summed E-state index contributed by atoms with van der Waals surface area (Å²) in [6.45, 7) is 4.51. The molecule has 25 heavy (non-hydrogen) atoms. The minimum Gasteiger partial charge on any atom is -0.298 e. The zero-order valence-corrected chi connectivity index (χ0v) is 14.8. The maximum atomic E-state index is 12.7. The van der Waals surface area contributed by atoms with Crippen molar-refractivity contribution in [3.8, 4) is 17.3 Å². The first kappa shape index (κ1) is 16.9. The third-order valence-electron chi connectivity index (χ3n) is 3.89. The van der Waals surface area contributed by atoms with Crippen molar-refractivity contribution in [3.05, 3.63) is 52.7 Å². The van der Waals surface area contributed by atoms with Gasteiger partial charge in [-0.2, -0.15) is 10.4 Å². The number of hydrogen-bond acceptors (Lipinski definition) is 5. The van der Waals surface area contributed by atoms with Crippen molar-refractivity contribution in [2.24, 2.45) is 0 Å². The Morgan fingerprint density at radius 1 is 1.36 bits per heavy atom. The second-order valence-corrected chi connectivity index (χ2v) is 6.55. The second kappa shape index (κ2) is 7.28. The minimum atomic E-state index is -0.258. The summed E-state index contributed by atoms with van der Waals surface area (Å²) in [5.41, 5.74) is 4.27. The van der Waals surface area contributed by atoms with E-state index in [-0.39, 0.29) is 5.91 Å². The average Bonchev–Trinajstić information content (AvgIpc) is 3.25. The van der Waals surface area contributed by atoms with Crippen molar-refractivity contribution < 1.29 is 4.79 Å². The van der Waals surface area contributed by atoms with Crippen LogP contribution in [0.25, 0.3) is 11.3 Å². The van der Waals surface area contributed by atoms with Gasteiger partial charge in [-0.1, -0.05) is 12.1 Å². The van der Waals surface area contributed by atoms with E-state index in [0.29, 0.717) is 29.4 Å². The molecule has 0 radical (unpaired) electrons. The first-order valence-corrected chi connectivity index (χ1v) is 8.69. The van der Waals surface area contributed by atoms with Gasteiger partial charge in [-0.15, -0.1) is 11.3 Å². The van der Waals surface area contributed by atoms with Crippen LogP contribution in [0.4, 0.5) is 5.13 Å². The zero-order valence-electron chi connectivity index (χ0n) is 14.0. The Morgan fingerprint density at radius 3 is 2.88 bits per heavy atom. The maximum Gasteiger partial charge on any atom is 0.261 e. The number of rotatable bonds is 5. The third-order valence-corrected chi connectivity index (χ3v) is 4.58. The van der Waals surface area contributed by atoms with Gasteiger partial charge in [0.15, 0.2) is 5.13 Å². The largest absolute Gasteiger partial charge is 0.298 e. The van der Waals surface area contributed by atoms with Gasteiger partial charge in [0.25, 0.3) is 5.91 Å². The normalized spacial score (nSPS) is 10.4. The number of hydrogen-bond donors (Lipinski definition) is 1. The lowest BCUT2D eigenvalue weighted by molar-refractivity contribution is 0.102. The van der Waals surface area contributed by atoms with E-state index in [4.69, 9.17) is 5.26 Å². The van der Waals surface area contributed by atoms with Crippen molar-refractivity contribution in [1.29, 1.82) is 5.26 Å². The Bertz CT molecular complexity index is 937. The van der Waals surface area contributed by atoms with Gasteiger partial charge in [0, 0.05) is 23.3 Å². The van der Waals surface area contributed by atoms with Crippen LogP contribution in [0.2, 0.25) is 0 Å². The Labute approximate surface area is 149 Å². The molecule has 1 amide bonds. The summed E-state index contributed by atoms with van der Waals surface area (Å²) in [5.74, 6) is -0.258. The molecule has 0 saturated heterocycles. The lowest BCUT2D eigenvalue weighted by atomic mass is 10.0. The van der Waals surface area contributed by atoms with Gasteiger partial charge in [0.05, 0.1) is 24.6 Å². The SMILES string of the molecule is Cc1ccc(-c2nn(CCC#N)cc2C(=O)Nc2nccs2)cc1C. The van der Waals surface area contributed by atoms with Crippen LogP contribution in [0, 0.1) is 25.2 Å². The van der Waals surface area contributed by atoms with E-state index in [1.54, 1.807) is 22.5 Å². The highest BCUT2D eigenvalue weighted by Gasteiger charge is 2.19. The van der Waals surface area contributed by atoms with Crippen LogP contribution >= 0.6 is 11.3 Å². The second-order valence-electron chi connectivity index (χ2n) is 5.65. The molecule has 7 heteroatoms. The Kier molecular flexibility index (Phi) is 4.91. The number of anilines is 1. The van der Waals surface area contributed by atoms with Crippen LogP contribution < -0.4 is 5.32 Å². The molecule has 1 aromatic carbocycles. The van der Waals surface area contributed by atoms with Gasteiger partial charge in [0.2, 0.25) is 0 Å². The van der Waals surface area contributed by atoms with E-state index in [1.807, 2.05) is 32.0 Å². The lowest BCUT2D eigenvalue weighted by Crippen LogP contribution is -2.12. The molecule has 0 aliphatic rings. The highest BCUT2D eigenvalue weighted by atomic mass is 32.1. The standard InChI is InChI=1S/C18H17N5OS/c1-12-4-5-14(10-13(12)2)16-15(11-23(22-16)8-3-6-19)17(24)21-18-20-7-9-25-18/h4-5,7,9-11H,3,8H2,1-2H3,(H,20,21,24). The number of thiazole rings is 1. The van der Waals surface area contributed by atoms with Crippen molar-refractivity contribution in [1.82, 2.24) is 14.8 Å². The van der Waals surface area contributed by atoms with Gasteiger partial charge < -0.3 is 0 Å². The van der Waals surface area contributed by atoms with E-state index in [0.717, 1.165) is 11.1 Å². The lowest BCUT2D eigenvalue weighted by Gasteiger charge is -2.05. The van der Waals surface area contributed by atoms with Crippen LogP contribution in [-0.2, 0) is 6.54 Å². The maximum absolute atomic E-state index is 12.7. The summed E-state index contributed by atoms with van der Waals surface area (Å²) < 4.78 is 1.64. The van der Waals surface area contributed by atoms with Gasteiger partial charge in [0.1, 0.15) is 5.69 Å². The smallest absolute Gasteiger partial charge is 0.261 e. The molecule has 0 atom stereocenters. The summed E-state index contributed by atoms with van der Waals surface area (Å²) in [5, 5.41) is 18.5. The van der Waals surface area contributed by atoms with Gasteiger partial charge >= 0.3 is 0 Å². The first-order valence-electron chi connectivity index (χ1n) is 7.81. The van der Waals surface area contributed by atoms with E-state index in [9.17, 15) is 4.79 Å². The van der Waals surface area contributed by atoms with Crippen molar-refractivity contribution >= 4 is 22.4 Å². The van der Waals surface area contributed by atoms with E-state index in [1.165, 1.54) is 16.9 Å². The fourth-order valence-corrected chi connectivity index (χ4v) is 2.94. The number of benzene rings is 1. The van der Waals surface area contributed by atoms with Gasteiger partial charge in [-0.25, -0.2) is 4.98 Å². The van der Waals surface area contributed by atoms with E-state index < -0.39 is 0 Å². The molecule has 0 aliphatic carbocycles. The monoisotopic (exact) mass is 351 g/mol. The molecule has 3 rings (SSSR count). The highest BCUT2D eigenvalue weighted by molar-refractivity contribution is 7.13. The van der Waals surface area contributed by atoms with E-state index >= 15 is 0 Å². The Hall–Kier alpha value is -2.98. The fraction of sp³-hybridized carbons (Fsp3) is 0.222. The average molecular weight is 351 g/mol.